The molecule has 228 valence electrons. The van der Waals surface area contributed by atoms with Gasteiger partial charge in [-0.15, -0.1) is 0 Å². The highest BCUT2D eigenvalue weighted by Gasteiger charge is 2.31. The Morgan fingerprint density at radius 3 is 1.62 bits per heavy atom. The number of rotatable bonds is 3. The van der Waals surface area contributed by atoms with Crippen LogP contribution in [-0.4, -0.2) is 9.13 Å². The predicted molar refractivity (Wildman–Crippen MR) is 184 cm³/mol. The summed E-state index contributed by atoms with van der Waals surface area (Å²) in [5, 5.41) is 14.9. The summed E-state index contributed by atoms with van der Waals surface area (Å²) in [6.07, 6.45) is -4.52. The standard InChI is InChI=1S/C41H28F3N3/c1-24-12-14-37-33(18-24)30-8-4-6-10-35(30)46(37)39-22-32(27-16-26(3)17-29(20-27)41(42,43)44)40(21-28(39)23-45)47-36-11-7-5-9-31(36)34-19-25(2)13-15-38(34)47/h4-22H,1-3H3. The topological polar surface area (TPSA) is 33.6 Å². The molecule has 6 aromatic carbocycles. The Hall–Kier alpha value is -5.80. The first-order chi connectivity index (χ1) is 22.6. The van der Waals surface area contributed by atoms with Crippen molar-refractivity contribution in [3.8, 4) is 28.6 Å². The molecule has 0 unspecified atom stereocenters. The first-order valence-corrected chi connectivity index (χ1v) is 15.4. The van der Waals surface area contributed by atoms with E-state index in [1.165, 1.54) is 12.1 Å². The largest absolute Gasteiger partial charge is 0.416 e. The van der Waals surface area contributed by atoms with Gasteiger partial charge in [0.05, 0.1) is 44.6 Å². The Morgan fingerprint density at radius 1 is 0.532 bits per heavy atom. The maximum atomic E-state index is 14.2. The van der Waals surface area contributed by atoms with Crippen LogP contribution in [-0.2, 0) is 6.18 Å². The molecule has 0 aliphatic rings. The molecule has 0 radical (unpaired) electrons. The third-order valence-electron chi connectivity index (χ3n) is 9.09. The van der Waals surface area contributed by atoms with E-state index in [1.807, 2.05) is 86.6 Å². The average molecular weight is 620 g/mol. The summed E-state index contributed by atoms with van der Waals surface area (Å²) >= 11 is 0. The summed E-state index contributed by atoms with van der Waals surface area (Å²) in [4.78, 5) is 0. The predicted octanol–water partition coefficient (Wildman–Crippen LogP) is 11.4. The summed E-state index contributed by atoms with van der Waals surface area (Å²) in [5.41, 5.74) is 8.30. The van der Waals surface area contributed by atoms with Crippen LogP contribution in [0.2, 0.25) is 0 Å². The molecule has 0 bridgehead atoms. The number of alkyl halides is 3. The van der Waals surface area contributed by atoms with Gasteiger partial charge in [0, 0.05) is 27.1 Å². The van der Waals surface area contributed by atoms with Gasteiger partial charge in [-0.25, -0.2) is 0 Å². The van der Waals surface area contributed by atoms with E-state index in [0.29, 0.717) is 33.6 Å². The first kappa shape index (κ1) is 28.7. The Kier molecular flexibility index (Phi) is 6.32. The van der Waals surface area contributed by atoms with Crippen LogP contribution in [0.25, 0.3) is 66.1 Å². The zero-order valence-corrected chi connectivity index (χ0v) is 25.9. The lowest BCUT2D eigenvalue weighted by atomic mass is 9.96. The van der Waals surface area contributed by atoms with E-state index < -0.39 is 11.7 Å². The molecule has 6 heteroatoms. The number of nitriles is 1. The lowest BCUT2D eigenvalue weighted by Crippen LogP contribution is -2.07. The number of fused-ring (bicyclic) bond motifs is 6. The molecule has 0 amide bonds. The van der Waals surface area contributed by atoms with Crippen molar-refractivity contribution in [2.45, 2.75) is 26.9 Å². The molecule has 2 aromatic heterocycles. The van der Waals surface area contributed by atoms with Crippen LogP contribution in [0.3, 0.4) is 0 Å². The summed E-state index contributed by atoms with van der Waals surface area (Å²) < 4.78 is 46.9. The minimum atomic E-state index is -4.52. The minimum Gasteiger partial charge on any atom is -0.309 e. The van der Waals surface area contributed by atoms with E-state index in [-0.39, 0.29) is 0 Å². The van der Waals surface area contributed by atoms with Crippen molar-refractivity contribution in [1.29, 1.82) is 5.26 Å². The van der Waals surface area contributed by atoms with E-state index >= 15 is 0 Å². The monoisotopic (exact) mass is 619 g/mol. The Morgan fingerprint density at radius 2 is 1.06 bits per heavy atom. The molecule has 8 aromatic rings. The first-order valence-electron chi connectivity index (χ1n) is 15.4. The second-order valence-electron chi connectivity index (χ2n) is 12.3. The van der Waals surface area contributed by atoms with Gasteiger partial charge < -0.3 is 9.13 Å². The lowest BCUT2D eigenvalue weighted by Gasteiger charge is -2.20. The SMILES string of the molecule is Cc1cc(-c2cc(-n3c4ccccc4c4cc(C)ccc43)c(C#N)cc2-n2c3ccccc3c3cc(C)ccc32)cc(C(F)(F)F)c1. The van der Waals surface area contributed by atoms with Gasteiger partial charge in [-0.05, 0) is 92.6 Å². The van der Waals surface area contributed by atoms with Gasteiger partial charge in [-0.2, -0.15) is 18.4 Å². The zero-order valence-electron chi connectivity index (χ0n) is 25.9. The fourth-order valence-corrected chi connectivity index (χ4v) is 7.06. The number of para-hydroxylation sites is 2. The molecule has 2 heterocycles. The van der Waals surface area contributed by atoms with E-state index in [9.17, 15) is 18.4 Å². The quantitative estimate of drug-likeness (QED) is 0.194. The number of aryl methyl sites for hydroxylation is 3. The molecule has 47 heavy (non-hydrogen) atoms. The minimum absolute atomic E-state index is 0.411. The zero-order chi connectivity index (χ0) is 32.6. The van der Waals surface area contributed by atoms with Crippen LogP contribution in [0, 0.1) is 32.1 Å². The van der Waals surface area contributed by atoms with Crippen LogP contribution in [0.4, 0.5) is 13.2 Å². The molecular weight excluding hydrogens is 591 g/mol. The number of nitrogens with zero attached hydrogens (tertiary/aromatic N) is 3. The molecular formula is C41H28F3N3. The van der Waals surface area contributed by atoms with Gasteiger partial charge in [0.2, 0.25) is 0 Å². The van der Waals surface area contributed by atoms with Crippen molar-refractivity contribution in [2.24, 2.45) is 0 Å². The second kappa shape index (κ2) is 10.4. The highest BCUT2D eigenvalue weighted by atomic mass is 19.4. The Labute approximate surface area is 269 Å². The number of hydrogen-bond donors (Lipinski definition) is 0. The van der Waals surface area contributed by atoms with Gasteiger partial charge in [0.1, 0.15) is 6.07 Å². The Balaban J connectivity index is 1.55. The molecule has 0 aliphatic heterocycles. The highest BCUT2D eigenvalue weighted by Crippen LogP contribution is 2.42. The van der Waals surface area contributed by atoms with Crippen molar-refractivity contribution in [2.75, 3.05) is 0 Å². The van der Waals surface area contributed by atoms with Crippen LogP contribution in [0.15, 0.2) is 115 Å². The number of halogens is 3. The van der Waals surface area contributed by atoms with Crippen molar-refractivity contribution >= 4 is 43.6 Å². The van der Waals surface area contributed by atoms with Crippen LogP contribution in [0.5, 0.6) is 0 Å². The van der Waals surface area contributed by atoms with Gasteiger partial charge in [0.25, 0.3) is 0 Å². The van der Waals surface area contributed by atoms with Crippen LogP contribution >= 0.6 is 0 Å². The van der Waals surface area contributed by atoms with Gasteiger partial charge in [-0.1, -0.05) is 65.7 Å². The molecule has 0 spiro atoms. The lowest BCUT2D eigenvalue weighted by molar-refractivity contribution is -0.137. The van der Waals surface area contributed by atoms with Gasteiger partial charge in [0.15, 0.2) is 0 Å². The summed E-state index contributed by atoms with van der Waals surface area (Å²) in [6.45, 7) is 5.77. The van der Waals surface area contributed by atoms with Gasteiger partial charge in [-0.3, -0.25) is 0 Å². The normalized spacial score (nSPS) is 12.0. The Bertz CT molecular complexity index is 2610. The maximum Gasteiger partial charge on any atom is 0.416 e. The highest BCUT2D eigenvalue weighted by molar-refractivity contribution is 6.11. The fourth-order valence-electron chi connectivity index (χ4n) is 7.06. The molecule has 3 nitrogen and oxygen atoms in total. The van der Waals surface area contributed by atoms with Crippen molar-refractivity contribution in [1.82, 2.24) is 9.13 Å². The smallest absolute Gasteiger partial charge is 0.309 e. The van der Waals surface area contributed by atoms with Gasteiger partial charge >= 0.3 is 6.18 Å². The third kappa shape index (κ3) is 4.50. The molecule has 0 fully saturated rings. The summed E-state index contributed by atoms with van der Waals surface area (Å²) in [7, 11) is 0. The average Bonchev–Trinajstić information content (AvgIpc) is 3.55. The third-order valence-corrected chi connectivity index (χ3v) is 9.09. The number of hydrogen-bond acceptors (Lipinski definition) is 1. The van der Waals surface area contributed by atoms with Crippen LogP contribution in [0.1, 0.15) is 27.8 Å². The van der Waals surface area contributed by atoms with E-state index in [0.717, 1.165) is 54.7 Å². The molecule has 0 aliphatic carbocycles. The summed E-state index contributed by atoms with van der Waals surface area (Å²) in [5.74, 6) is 0. The molecule has 0 saturated heterocycles. The molecule has 8 rings (SSSR count). The van der Waals surface area contributed by atoms with E-state index in [4.69, 9.17) is 0 Å². The maximum absolute atomic E-state index is 14.2. The number of aromatic nitrogens is 2. The number of benzene rings is 6. The molecule has 0 atom stereocenters. The van der Waals surface area contributed by atoms with E-state index in [1.54, 1.807) is 13.0 Å². The van der Waals surface area contributed by atoms with Crippen LogP contribution < -0.4 is 0 Å². The second-order valence-corrected chi connectivity index (χ2v) is 12.3. The van der Waals surface area contributed by atoms with Crippen molar-refractivity contribution in [3.05, 3.63) is 143 Å². The van der Waals surface area contributed by atoms with Crippen molar-refractivity contribution < 1.29 is 13.2 Å². The molecule has 0 N–H and O–H groups in total. The summed E-state index contributed by atoms with van der Waals surface area (Å²) in [6, 6.07) is 38.8. The molecule has 0 saturated carbocycles. The fraction of sp³-hybridized carbons (Fsp3) is 0.0976. The van der Waals surface area contributed by atoms with Crippen molar-refractivity contribution in [3.63, 3.8) is 0 Å². The van der Waals surface area contributed by atoms with E-state index in [2.05, 4.69) is 39.5 Å².